The van der Waals surface area contributed by atoms with Crippen LogP contribution in [0.4, 0.5) is 0 Å². The molecule has 104 valence electrons. The highest BCUT2D eigenvalue weighted by Gasteiger charge is 2.22. The Hall–Kier alpha value is -1.33. The van der Waals surface area contributed by atoms with Gasteiger partial charge >= 0.3 is 0 Å². The molecular formula is C14H14BrClN4. The third-order valence-electron chi connectivity index (χ3n) is 3.28. The average molecular weight is 354 g/mol. The number of hydrogen-bond acceptors (Lipinski definition) is 2. The van der Waals surface area contributed by atoms with Crippen molar-refractivity contribution < 1.29 is 0 Å². The summed E-state index contributed by atoms with van der Waals surface area (Å²) in [5.41, 5.74) is 3.77. The third kappa shape index (κ3) is 1.96. The van der Waals surface area contributed by atoms with Gasteiger partial charge in [-0.25, -0.2) is 9.67 Å². The maximum absolute atomic E-state index is 6.32. The molecular weight excluding hydrogens is 340 g/mol. The Bertz CT molecular complexity index is 788. The van der Waals surface area contributed by atoms with Gasteiger partial charge in [-0.1, -0.05) is 12.1 Å². The molecule has 0 aliphatic rings. The number of para-hydroxylation sites is 1. The summed E-state index contributed by atoms with van der Waals surface area (Å²) in [6.45, 7) is 3.89. The van der Waals surface area contributed by atoms with Crippen LogP contribution in [-0.2, 0) is 7.05 Å². The summed E-state index contributed by atoms with van der Waals surface area (Å²) in [7, 11) is 1.92. The SMILES string of the molecule is Cc1nn(C)c2c1nc(C(C)Cl)n2-c1ccccc1Br. The van der Waals surface area contributed by atoms with Crippen molar-refractivity contribution in [1.29, 1.82) is 0 Å². The molecule has 0 amide bonds. The van der Waals surface area contributed by atoms with Crippen molar-refractivity contribution in [3.05, 3.63) is 40.3 Å². The summed E-state index contributed by atoms with van der Waals surface area (Å²) in [4.78, 5) is 4.68. The van der Waals surface area contributed by atoms with Gasteiger partial charge in [0.05, 0.1) is 16.8 Å². The number of alkyl halides is 1. The van der Waals surface area contributed by atoms with Gasteiger partial charge in [0.1, 0.15) is 11.3 Å². The molecule has 4 nitrogen and oxygen atoms in total. The second-order valence-electron chi connectivity index (χ2n) is 4.75. The van der Waals surface area contributed by atoms with Gasteiger partial charge in [-0.05, 0) is 41.9 Å². The van der Waals surface area contributed by atoms with E-state index in [-0.39, 0.29) is 5.38 Å². The summed E-state index contributed by atoms with van der Waals surface area (Å²) < 4.78 is 4.91. The average Bonchev–Trinajstić information content (AvgIpc) is 2.90. The van der Waals surface area contributed by atoms with Crippen LogP contribution in [-0.4, -0.2) is 19.3 Å². The highest BCUT2D eigenvalue weighted by Crippen LogP contribution is 2.32. The van der Waals surface area contributed by atoms with E-state index in [1.54, 1.807) is 0 Å². The van der Waals surface area contributed by atoms with Gasteiger partial charge in [0.25, 0.3) is 0 Å². The number of aromatic nitrogens is 4. The molecule has 3 aromatic rings. The Morgan fingerprint density at radius 1 is 1.30 bits per heavy atom. The zero-order valence-electron chi connectivity index (χ0n) is 11.4. The molecule has 2 aromatic heterocycles. The minimum Gasteiger partial charge on any atom is -0.279 e. The number of nitrogens with zero attached hydrogens (tertiary/aromatic N) is 4. The van der Waals surface area contributed by atoms with E-state index < -0.39 is 0 Å². The molecule has 0 N–H and O–H groups in total. The van der Waals surface area contributed by atoms with E-state index in [9.17, 15) is 0 Å². The third-order valence-corrected chi connectivity index (χ3v) is 4.14. The Kier molecular flexibility index (Phi) is 3.34. The molecule has 0 radical (unpaired) electrons. The van der Waals surface area contributed by atoms with Gasteiger partial charge in [0.15, 0.2) is 5.65 Å². The summed E-state index contributed by atoms with van der Waals surface area (Å²) in [6, 6.07) is 8.03. The highest BCUT2D eigenvalue weighted by molar-refractivity contribution is 9.10. The van der Waals surface area contributed by atoms with Crippen molar-refractivity contribution in [2.24, 2.45) is 7.05 Å². The van der Waals surface area contributed by atoms with Crippen LogP contribution in [0.15, 0.2) is 28.7 Å². The molecule has 0 saturated carbocycles. The molecule has 0 saturated heterocycles. The van der Waals surface area contributed by atoms with Gasteiger partial charge in [-0.2, -0.15) is 5.10 Å². The molecule has 2 heterocycles. The van der Waals surface area contributed by atoms with E-state index in [4.69, 9.17) is 11.6 Å². The molecule has 0 fully saturated rings. The molecule has 1 aromatic carbocycles. The van der Waals surface area contributed by atoms with Gasteiger partial charge in [-0.3, -0.25) is 4.57 Å². The largest absolute Gasteiger partial charge is 0.279 e. The monoisotopic (exact) mass is 352 g/mol. The van der Waals surface area contributed by atoms with Crippen LogP contribution >= 0.6 is 27.5 Å². The molecule has 1 unspecified atom stereocenters. The van der Waals surface area contributed by atoms with Crippen LogP contribution in [0.5, 0.6) is 0 Å². The van der Waals surface area contributed by atoms with Crippen LogP contribution < -0.4 is 0 Å². The van der Waals surface area contributed by atoms with Crippen LogP contribution in [0.3, 0.4) is 0 Å². The van der Waals surface area contributed by atoms with Crippen molar-refractivity contribution in [2.45, 2.75) is 19.2 Å². The summed E-state index contributed by atoms with van der Waals surface area (Å²) in [5.74, 6) is 0.824. The van der Waals surface area contributed by atoms with Gasteiger partial charge in [-0.15, -0.1) is 11.6 Å². The van der Waals surface area contributed by atoms with Crippen LogP contribution in [0, 0.1) is 6.92 Å². The molecule has 0 spiro atoms. The summed E-state index contributed by atoms with van der Waals surface area (Å²) in [5, 5.41) is 4.26. The number of benzene rings is 1. The van der Waals surface area contributed by atoms with E-state index >= 15 is 0 Å². The van der Waals surface area contributed by atoms with Crippen molar-refractivity contribution in [2.75, 3.05) is 0 Å². The van der Waals surface area contributed by atoms with E-state index in [1.807, 2.05) is 49.8 Å². The van der Waals surface area contributed by atoms with Crippen molar-refractivity contribution in [3.8, 4) is 5.69 Å². The van der Waals surface area contributed by atoms with Crippen LogP contribution in [0.2, 0.25) is 0 Å². The Morgan fingerprint density at radius 2 is 2.00 bits per heavy atom. The summed E-state index contributed by atoms with van der Waals surface area (Å²) >= 11 is 9.91. The molecule has 0 aliphatic carbocycles. The number of hydrogen-bond donors (Lipinski definition) is 0. The van der Waals surface area contributed by atoms with Crippen LogP contribution in [0.25, 0.3) is 16.9 Å². The fourth-order valence-corrected chi connectivity index (χ4v) is 3.04. The lowest BCUT2D eigenvalue weighted by Crippen LogP contribution is -2.06. The first-order valence-corrected chi connectivity index (χ1v) is 7.54. The number of aryl methyl sites for hydroxylation is 2. The maximum Gasteiger partial charge on any atom is 0.163 e. The standard InChI is InChI=1S/C14H14BrClN4/c1-8(16)13-17-12-9(2)18-19(3)14(12)20(13)11-7-5-4-6-10(11)15/h4-8H,1-3H3. The van der Waals surface area contributed by atoms with Gasteiger partial charge < -0.3 is 0 Å². The van der Waals surface area contributed by atoms with Gasteiger partial charge in [0.2, 0.25) is 0 Å². The Balaban J connectivity index is 2.44. The van der Waals surface area contributed by atoms with Crippen LogP contribution in [0.1, 0.15) is 23.8 Å². The molecule has 0 bridgehead atoms. The van der Waals surface area contributed by atoms with Crippen molar-refractivity contribution in [3.63, 3.8) is 0 Å². The second-order valence-corrected chi connectivity index (χ2v) is 6.26. The molecule has 20 heavy (non-hydrogen) atoms. The minimum absolute atomic E-state index is 0.186. The van der Waals surface area contributed by atoms with Crippen molar-refractivity contribution in [1.82, 2.24) is 19.3 Å². The number of rotatable bonds is 2. The summed E-state index contributed by atoms with van der Waals surface area (Å²) in [6.07, 6.45) is 0. The first-order valence-electron chi connectivity index (χ1n) is 6.31. The fourth-order valence-electron chi connectivity index (χ4n) is 2.43. The Labute approximate surface area is 130 Å². The van der Waals surface area contributed by atoms with Gasteiger partial charge in [0, 0.05) is 11.5 Å². The smallest absolute Gasteiger partial charge is 0.163 e. The predicted molar refractivity (Wildman–Crippen MR) is 84.5 cm³/mol. The zero-order valence-corrected chi connectivity index (χ0v) is 13.8. The lowest BCUT2D eigenvalue weighted by molar-refractivity contribution is 0.747. The normalized spacial score (nSPS) is 13.1. The fraction of sp³-hybridized carbons (Fsp3) is 0.286. The van der Waals surface area contributed by atoms with E-state index in [1.165, 1.54) is 0 Å². The number of halogens is 2. The number of fused-ring (bicyclic) bond motifs is 1. The lowest BCUT2D eigenvalue weighted by Gasteiger charge is -2.12. The lowest BCUT2D eigenvalue weighted by atomic mass is 10.3. The first kappa shape index (κ1) is 13.6. The zero-order chi connectivity index (χ0) is 14.4. The first-order chi connectivity index (χ1) is 9.50. The molecule has 6 heteroatoms. The van der Waals surface area contributed by atoms with Crippen molar-refractivity contribution >= 4 is 38.7 Å². The minimum atomic E-state index is -0.186. The quantitative estimate of drug-likeness (QED) is 0.649. The molecule has 1 atom stereocenters. The molecule has 0 aliphatic heterocycles. The number of imidazole rings is 1. The Morgan fingerprint density at radius 3 is 2.65 bits per heavy atom. The highest BCUT2D eigenvalue weighted by atomic mass is 79.9. The maximum atomic E-state index is 6.32. The topological polar surface area (TPSA) is 35.6 Å². The predicted octanol–water partition coefficient (Wildman–Crippen LogP) is 4.13. The molecule has 3 rings (SSSR count). The van der Waals surface area contributed by atoms with E-state index in [0.717, 1.165) is 32.8 Å². The second kappa shape index (κ2) is 4.90. The van der Waals surface area contributed by atoms with E-state index in [2.05, 4.69) is 30.6 Å². The van der Waals surface area contributed by atoms with E-state index in [0.29, 0.717) is 0 Å².